The number of anilines is 2. The van der Waals surface area contributed by atoms with Crippen LogP contribution in [-0.2, 0) is 43.8 Å². The van der Waals surface area contributed by atoms with E-state index >= 15 is 0 Å². The van der Waals surface area contributed by atoms with E-state index in [0.29, 0.717) is 94.9 Å². The first-order chi connectivity index (χ1) is 54.2. The molecule has 0 radical (unpaired) electrons. The molecule has 5 saturated heterocycles. The lowest BCUT2D eigenvalue weighted by molar-refractivity contribution is -0.147. The highest BCUT2D eigenvalue weighted by atomic mass is 35.5. The van der Waals surface area contributed by atoms with Crippen LogP contribution in [0.3, 0.4) is 0 Å². The summed E-state index contributed by atoms with van der Waals surface area (Å²) in [5.74, 6) is -1.64. The van der Waals surface area contributed by atoms with Crippen molar-refractivity contribution < 1.29 is 63.8 Å². The number of morpholine rings is 1. The molecule has 114 heavy (non-hydrogen) atoms. The number of aliphatic hydroxyl groups excluding tert-OH is 1. The Morgan fingerprint density at radius 2 is 1.46 bits per heavy atom. The van der Waals surface area contributed by atoms with Gasteiger partial charge in [-0.15, -0.1) is 23.1 Å². The van der Waals surface area contributed by atoms with Crippen LogP contribution in [0.1, 0.15) is 145 Å². The fraction of sp³-hybridized carbons (Fsp3) is 0.524. The number of piperazine rings is 1. The number of ether oxygens (including phenoxy) is 1. The van der Waals surface area contributed by atoms with Crippen LogP contribution in [0, 0.1) is 23.2 Å². The second-order valence-corrected chi connectivity index (χ2v) is 39.1. The zero-order valence-corrected chi connectivity index (χ0v) is 69.8. The highest BCUT2D eigenvalue weighted by molar-refractivity contribution is 7.99. The summed E-state index contributed by atoms with van der Waals surface area (Å²) >= 11 is 9.42. The average Bonchev–Trinajstić information content (AvgIpc) is 0.869. The molecule has 5 amide bonds. The number of aliphatic hydroxyl groups is 1. The summed E-state index contributed by atoms with van der Waals surface area (Å²) in [5.41, 5.74) is 2.63. The van der Waals surface area contributed by atoms with Crippen molar-refractivity contribution in [3.8, 4) is 10.4 Å². The third-order valence-electron chi connectivity index (χ3n) is 23.3. The second kappa shape index (κ2) is 37.0. The van der Waals surface area contributed by atoms with Gasteiger partial charge in [0.2, 0.25) is 23.6 Å². The van der Waals surface area contributed by atoms with E-state index in [1.807, 2.05) is 116 Å². The number of halogens is 4. The number of hydrogen-bond donors (Lipinski definition) is 5. The standard InChI is InChI=1S/C84H107ClF3N11O11S4/c1-57(59-17-19-61(20-18-59)76-58(2)89-56-112-76)90-79(104)72-47-67(100)51-99(72)80(105)77(81(3,4)5)92-74(101)15-11-8-12-16-75(102)98-54-83(55-98)34-37-96(38-35-83)53-82(6)33-31-70(60-21-25-64(85)26-22-60)63(49-82)50-95-39-41-97(42-40-95)66-27-23-62(24-28-66)78(103)93-114(108,109)69-29-30-71(73(48-69)113(106,107)84(86,87)88)91-65(32-36-94-43-45-110-46-44-94)52-111-68-13-9-7-10-14-68/h7,9-10,13-14,17-30,48,56-57,65,67,72,77,91,100H,8,11-12,15-16,31-47,49-55H2,1-6H3,(H,90,104)(H,92,101)(H,93,103)/t57-,65?,67+,72-,77+,82?/m0/s1. The molecule has 6 aromatic rings. The lowest BCUT2D eigenvalue weighted by atomic mass is 9.69. The predicted octanol–water partition coefficient (Wildman–Crippen LogP) is 12.5. The van der Waals surface area contributed by atoms with Crippen molar-refractivity contribution in [1.82, 2.24) is 44.8 Å². The lowest BCUT2D eigenvalue weighted by Gasteiger charge is -2.55. The van der Waals surface area contributed by atoms with Gasteiger partial charge in [0.25, 0.3) is 25.8 Å². The number of β-amino-alcohol motifs (C(OH)–C–C–N with tert-alkyl or cyclic N) is 1. The van der Waals surface area contributed by atoms with E-state index in [9.17, 15) is 59.1 Å². The number of allylic oxidation sites excluding steroid dienone is 1. The number of piperidine rings is 1. The fourth-order valence-electron chi connectivity index (χ4n) is 16.7. The van der Waals surface area contributed by atoms with Crippen LogP contribution in [-0.4, -0.2) is 221 Å². The zero-order valence-electron chi connectivity index (χ0n) is 65.8. The molecule has 5 aliphatic heterocycles. The van der Waals surface area contributed by atoms with E-state index in [1.165, 1.54) is 45.5 Å². The van der Waals surface area contributed by atoms with E-state index in [2.05, 4.69) is 59.6 Å². The van der Waals surface area contributed by atoms with E-state index < -0.39 is 82.3 Å². The SMILES string of the molecule is Cc1ncsc1-c1ccc([C@H](C)NC(=O)[C@@H]2C[C@@H](O)CN2C(=O)[C@@H](NC(=O)CCCCCC(=O)N2CC3(CCN(CC4(C)CCC(c5ccc(Cl)cc5)=C(CN5CCN(c6ccc(C(=O)NS(=O)(=O)c7ccc(NC(CCN8CCOCC8)CSc8ccccc8)c(S(=O)(=O)C(F)(F)F)c7)cc6)CC5)C4)CC3)C2)C(C)(C)C)cc1. The zero-order chi connectivity index (χ0) is 81.3. The van der Waals surface area contributed by atoms with Crippen molar-refractivity contribution in [1.29, 1.82) is 0 Å². The average molecular weight is 1670 g/mol. The lowest BCUT2D eigenvalue weighted by Crippen LogP contribution is -2.62. The normalized spacial score (nSPS) is 20.9. The largest absolute Gasteiger partial charge is 0.501 e. The highest BCUT2D eigenvalue weighted by Gasteiger charge is 2.50. The Hall–Kier alpha value is -7.45. The number of aryl methyl sites for hydroxylation is 1. The molecule has 5 N–H and O–H groups in total. The molecule has 30 heteroatoms. The van der Waals surface area contributed by atoms with Crippen molar-refractivity contribution in [3.05, 3.63) is 160 Å². The first kappa shape index (κ1) is 85.9. The molecule has 22 nitrogen and oxygen atoms in total. The number of thiazole rings is 1. The number of unbranched alkanes of at least 4 members (excludes halogenated alkanes) is 2. The van der Waals surface area contributed by atoms with Crippen LogP contribution >= 0.6 is 34.7 Å². The van der Waals surface area contributed by atoms with E-state index in [-0.39, 0.29) is 59.5 Å². The van der Waals surface area contributed by atoms with Gasteiger partial charge in [0.1, 0.15) is 17.0 Å². The third kappa shape index (κ3) is 21.7. The third-order valence-corrected chi connectivity index (χ3v) is 28.6. The number of rotatable bonds is 30. The van der Waals surface area contributed by atoms with E-state index in [4.69, 9.17) is 16.3 Å². The van der Waals surface area contributed by atoms with Gasteiger partial charge in [-0.1, -0.05) is 106 Å². The molecule has 6 atom stereocenters. The number of sulfonamides is 1. The van der Waals surface area contributed by atoms with Gasteiger partial charge in [-0.2, -0.15) is 13.2 Å². The molecule has 1 aliphatic carbocycles. The number of sulfone groups is 1. The number of nitrogens with zero attached hydrogens (tertiary/aromatic N) is 7. The summed E-state index contributed by atoms with van der Waals surface area (Å²) < 4.78 is 105. The summed E-state index contributed by atoms with van der Waals surface area (Å²) in [7, 11) is -11.0. The number of amides is 5. The molecule has 6 aliphatic rings. The maximum Gasteiger partial charge on any atom is 0.501 e. The molecule has 2 unspecified atom stereocenters. The van der Waals surface area contributed by atoms with E-state index in [0.717, 1.165) is 129 Å². The van der Waals surface area contributed by atoms with Crippen molar-refractivity contribution >= 4 is 101 Å². The van der Waals surface area contributed by atoms with Crippen LogP contribution < -0.4 is 25.6 Å². The quantitative estimate of drug-likeness (QED) is 0.0207. The minimum atomic E-state index is -6.11. The summed E-state index contributed by atoms with van der Waals surface area (Å²) in [6, 6.07) is 31.5. The van der Waals surface area contributed by atoms with Crippen molar-refractivity contribution in [3.63, 3.8) is 0 Å². The molecule has 0 bridgehead atoms. The Kier molecular flexibility index (Phi) is 27.9. The number of alkyl halides is 3. The van der Waals surface area contributed by atoms with Gasteiger partial charge >= 0.3 is 5.51 Å². The number of aromatic nitrogens is 1. The van der Waals surface area contributed by atoms with Crippen LogP contribution in [0.4, 0.5) is 24.5 Å². The van der Waals surface area contributed by atoms with Gasteiger partial charge in [0, 0.05) is 136 Å². The van der Waals surface area contributed by atoms with Gasteiger partial charge in [0.15, 0.2) is 0 Å². The summed E-state index contributed by atoms with van der Waals surface area (Å²) in [5, 5.41) is 20.5. The van der Waals surface area contributed by atoms with Gasteiger partial charge < -0.3 is 45.4 Å². The van der Waals surface area contributed by atoms with Crippen LogP contribution in [0.5, 0.6) is 0 Å². The number of thioether (sulfide) groups is 1. The molecular weight excluding hydrogens is 1560 g/mol. The summed E-state index contributed by atoms with van der Waals surface area (Å²) in [4.78, 5) is 86.0. The second-order valence-electron chi connectivity index (χ2n) is 33.1. The first-order valence-electron chi connectivity index (χ1n) is 39.6. The molecular formula is C84H107ClF3N11O11S4. The minimum absolute atomic E-state index is 0.0193. The molecule has 616 valence electrons. The van der Waals surface area contributed by atoms with Crippen molar-refractivity contribution in [2.75, 3.05) is 121 Å². The topological polar surface area (TPSA) is 264 Å². The van der Waals surface area contributed by atoms with Crippen LogP contribution in [0.25, 0.3) is 16.0 Å². The Balaban J connectivity index is 0.580. The Morgan fingerprint density at radius 3 is 2.11 bits per heavy atom. The molecule has 12 rings (SSSR count). The smallest absolute Gasteiger partial charge is 0.391 e. The molecule has 0 saturated carbocycles. The number of carbonyl (C=O) groups is 5. The van der Waals surface area contributed by atoms with Crippen molar-refractivity contribution in [2.24, 2.45) is 16.2 Å². The van der Waals surface area contributed by atoms with Gasteiger partial charge in [-0.3, -0.25) is 33.8 Å². The first-order valence-corrected chi connectivity index (χ1v) is 44.8. The monoisotopic (exact) mass is 1670 g/mol. The highest BCUT2D eigenvalue weighted by Crippen LogP contribution is 2.47. The van der Waals surface area contributed by atoms with Gasteiger partial charge in [-0.25, -0.2) is 26.5 Å². The summed E-state index contributed by atoms with van der Waals surface area (Å²) in [6.45, 7) is 22.8. The van der Waals surface area contributed by atoms with Gasteiger partial charge in [-0.05, 0) is 178 Å². The Bertz CT molecular complexity index is 4620. The molecule has 5 aromatic carbocycles. The maximum atomic E-state index is 14.4. The van der Waals surface area contributed by atoms with Crippen LogP contribution in [0.15, 0.2) is 147 Å². The number of carbonyl (C=O) groups excluding carboxylic acids is 5. The van der Waals surface area contributed by atoms with E-state index in [1.54, 1.807) is 23.5 Å². The number of likely N-dealkylation sites (tertiary alicyclic amines) is 3. The minimum Gasteiger partial charge on any atom is -0.391 e. The Morgan fingerprint density at radius 1 is 0.781 bits per heavy atom. The molecule has 5 fully saturated rings. The Labute approximate surface area is 681 Å². The molecule has 6 heterocycles. The number of hydrogen-bond acceptors (Lipinski definition) is 19. The fourth-order valence-corrected chi connectivity index (χ4v) is 20.6. The molecule has 1 spiro atoms. The number of benzene rings is 5. The predicted molar refractivity (Wildman–Crippen MR) is 440 cm³/mol. The maximum absolute atomic E-state index is 14.4. The van der Waals surface area contributed by atoms with Gasteiger partial charge in [0.05, 0.1) is 52.0 Å². The van der Waals surface area contributed by atoms with Crippen molar-refractivity contribution in [2.45, 2.75) is 169 Å². The number of nitrogens with one attached hydrogen (secondary N) is 4. The summed E-state index contributed by atoms with van der Waals surface area (Å²) in [6.07, 6.45) is 6.96. The molecule has 1 aromatic heterocycles. The van der Waals surface area contributed by atoms with Crippen LogP contribution in [0.2, 0.25) is 5.02 Å².